The summed E-state index contributed by atoms with van der Waals surface area (Å²) in [5, 5.41) is 0.296. The Hall–Kier alpha value is -1.77. The van der Waals surface area contributed by atoms with Crippen molar-refractivity contribution in [2.45, 2.75) is 4.90 Å². The second-order valence-electron chi connectivity index (χ2n) is 3.85. The van der Waals surface area contributed by atoms with Gasteiger partial charge in [-0.25, -0.2) is 18.1 Å². The van der Waals surface area contributed by atoms with Gasteiger partial charge >= 0.3 is 0 Å². The zero-order chi connectivity index (χ0) is 15.6. The maximum absolute atomic E-state index is 12.2. The number of hydrogen-bond donors (Lipinski definition) is 2. The van der Waals surface area contributed by atoms with E-state index in [1.807, 2.05) is 0 Å². The Morgan fingerprint density at radius 3 is 2.57 bits per heavy atom. The van der Waals surface area contributed by atoms with Crippen LogP contribution in [0.1, 0.15) is 0 Å². The van der Waals surface area contributed by atoms with Crippen molar-refractivity contribution >= 4 is 44.9 Å². The van der Waals surface area contributed by atoms with E-state index in [4.69, 9.17) is 33.7 Å². The summed E-state index contributed by atoms with van der Waals surface area (Å²) in [5.41, 5.74) is 5.73. The van der Waals surface area contributed by atoms with Gasteiger partial charge in [-0.2, -0.15) is 4.98 Å². The van der Waals surface area contributed by atoms with E-state index >= 15 is 0 Å². The number of sulfonamides is 1. The number of ether oxygens (including phenoxy) is 1. The average molecular weight is 349 g/mol. The molecule has 0 atom stereocenters. The van der Waals surface area contributed by atoms with Crippen LogP contribution in [-0.4, -0.2) is 25.5 Å². The summed E-state index contributed by atoms with van der Waals surface area (Å²) in [6.07, 6.45) is 0. The van der Waals surface area contributed by atoms with Gasteiger partial charge in [0.2, 0.25) is 11.8 Å². The third kappa shape index (κ3) is 3.66. The van der Waals surface area contributed by atoms with E-state index in [9.17, 15) is 8.42 Å². The monoisotopic (exact) mass is 348 g/mol. The molecule has 7 nitrogen and oxygen atoms in total. The van der Waals surface area contributed by atoms with Gasteiger partial charge in [-0.15, -0.1) is 0 Å². The number of halogens is 2. The molecular formula is C11H10Cl2N4O3S. The molecule has 0 bridgehead atoms. The van der Waals surface area contributed by atoms with Gasteiger partial charge in [-0.3, -0.25) is 0 Å². The molecule has 21 heavy (non-hydrogen) atoms. The van der Waals surface area contributed by atoms with Gasteiger partial charge in [-0.05, 0) is 18.2 Å². The molecule has 0 aliphatic heterocycles. The maximum Gasteiger partial charge on any atom is 0.264 e. The number of aromatic nitrogens is 2. The van der Waals surface area contributed by atoms with E-state index in [1.54, 1.807) is 0 Å². The van der Waals surface area contributed by atoms with Crippen molar-refractivity contribution in [3.05, 3.63) is 34.4 Å². The molecule has 1 aromatic heterocycles. The molecule has 0 saturated carbocycles. The van der Waals surface area contributed by atoms with Gasteiger partial charge in [0.25, 0.3) is 10.0 Å². The standard InChI is InChI=1S/C11H10Cl2N4O3S/c1-20-10-5-9(13)15-11(16-10)17-21(18,19)6-2-3-7(12)8(14)4-6/h2-5H,14H2,1H3,(H,15,16,17). The molecule has 0 saturated heterocycles. The number of methoxy groups -OCH3 is 1. The first-order valence-corrected chi connectivity index (χ1v) is 7.72. The normalized spacial score (nSPS) is 11.2. The van der Waals surface area contributed by atoms with E-state index in [0.717, 1.165) is 0 Å². The van der Waals surface area contributed by atoms with Crippen molar-refractivity contribution < 1.29 is 13.2 Å². The van der Waals surface area contributed by atoms with Crippen molar-refractivity contribution in [2.75, 3.05) is 17.6 Å². The van der Waals surface area contributed by atoms with Crippen LogP contribution in [0.4, 0.5) is 11.6 Å². The smallest absolute Gasteiger partial charge is 0.264 e. The van der Waals surface area contributed by atoms with Gasteiger partial charge in [0.15, 0.2) is 0 Å². The zero-order valence-electron chi connectivity index (χ0n) is 10.7. The summed E-state index contributed by atoms with van der Waals surface area (Å²) in [6.45, 7) is 0. The van der Waals surface area contributed by atoms with Crippen LogP contribution in [0.3, 0.4) is 0 Å². The first kappa shape index (κ1) is 15.6. The molecule has 3 N–H and O–H groups in total. The number of rotatable bonds is 4. The Morgan fingerprint density at radius 1 is 1.24 bits per heavy atom. The number of nitrogens with one attached hydrogen (secondary N) is 1. The van der Waals surface area contributed by atoms with Crippen LogP contribution >= 0.6 is 23.2 Å². The van der Waals surface area contributed by atoms with Crippen molar-refractivity contribution in [3.8, 4) is 5.88 Å². The van der Waals surface area contributed by atoms with Crippen molar-refractivity contribution in [2.24, 2.45) is 0 Å². The Labute approximate surface area is 131 Å². The molecule has 0 unspecified atom stereocenters. The summed E-state index contributed by atoms with van der Waals surface area (Å²) in [6, 6.07) is 5.26. The Kier molecular flexibility index (Phi) is 4.40. The van der Waals surface area contributed by atoms with Gasteiger partial charge in [0, 0.05) is 6.07 Å². The van der Waals surface area contributed by atoms with Crippen LogP contribution in [-0.2, 0) is 10.0 Å². The van der Waals surface area contributed by atoms with E-state index in [2.05, 4.69) is 14.7 Å². The quantitative estimate of drug-likeness (QED) is 0.647. The van der Waals surface area contributed by atoms with Crippen molar-refractivity contribution in [1.29, 1.82) is 0 Å². The molecule has 0 aliphatic rings. The summed E-state index contributed by atoms with van der Waals surface area (Å²) < 4.78 is 31.5. The first-order valence-electron chi connectivity index (χ1n) is 5.48. The number of nitrogens with two attached hydrogens (primary N) is 1. The molecule has 10 heteroatoms. The molecule has 0 radical (unpaired) electrons. The summed E-state index contributed by atoms with van der Waals surface area (Å²) in [4.78, 5) is 7.52. The highest BCUT2D eigenvalue weighted by Gasteiger charge is 2.17. The Morgan fingerprint density at radius 2 is 1.95 bits per heavy atom. The van der Waals surface area contributed by atoms with Crippen molar-refractivity contribution in [3.63, 3.8) is 0 Å². The molecular weight excluding hydrogens is 339 g/mol. The van der Waals surface area contributed by atoms with Crippen LogP contribution in [0.25, 0.3) is 0 Å². The maximum atomic E-state index is 12.2. The molecule has 2 aromatic rings. The number of nitrogen functional groups attached to an aromatic ring is 1. The predicted octanol–water partition coefficient (Wildman–Crippen LogP) is 2.17. The molecule has 0 spiro atoms. The van der Waals surface area contributed by atoms with Crippen molar-refractivity contribution in [1.82, 2.24) is 9.97 Å². The van der Waals surface area contributed by atoms with Crippen LogP contribution in [0.15, 0.2) is 29.2 Å². The van der Waals surface area contributed by atoms with E-state index < -0.39 is 10.0 Å². The lowest BCUT2D eigenvalue weighted by molar-refractivity contribution is 0.397. The van der Waals surface area contributed by atoms with Gasteiger partial charge in [0.05, 0.1) is 22.7 Å². The highest BCUT2D eigenvalue weighted by Crippen LogP contribution is 2.24. The summed E-state index contributed by atoms with van der Waals surface area (Å²) in [7, 11) is -2.55. The Balaban J connectivity index is 2.37. The minimum atomic E-state index is -3.92. The molecule has 112 valence electrons. The fraction of sp³-hybridized carbons (Fsp3) is 0.0909. The second-order valence-corrected chi connectivity index (χ2v) is 6.32. The van der Waals surface area contributed by atoms with Gasteiger partial charge in [0.1, 0.15) is 5.15 Å². The van der Waals surface area contributed by atoms with E-state index in [0.29, 0.717) is 0 Å². The third-order valence-electron chi connectivity index (χ3n) is 2.38. The minimum Gasteiger partial charge on any atom is -0.481 e. The average Bonchev–Trinajstić information content (AvgIpc) is 2.40. The SMILES string of the molecule is COc1cc(Cl)nc(NS(=O)(=O)c2ccc(Cl)c(N)c2)n1. The summed E-state index contributed by atoms with van der Waals surface area (Å²) >= 11 is 11.5. The first-order chi connectivity index (χ1) is 9.81. The molecule has 0 amide bonds. The topological polar surface area (TPSA) is 107 Å². The molecule has 1 heterocycles. The Bertz CT molecular complexity index is 783. The number of nitrogens with zero attached hydrogens (tertiary/aromatic N) is 2. The lowest BCUT2D eigenvalue weighted by Gasteiger charge is -2.09. The number of hydrogen-bond acceptors (Lipinski definition) is 6. The van der Waals surface area contributed by atoms with Crippen LogP contribution in [0.5, 0.6) is 5.88 Å². The fourth-order valence-electron chi connectivity index (χ4n) is 1.42. The zero-order valence-corrected chi connectivity index (χ0v) is 13.0. The van der Waals surface area contributed by atoms with Crippen LogP contribution < -0.4 is 15.2 Å². The minimum absolute atomic E-state index is 0.0372. The molecule has 2 rings (SSSR count). The fourth-order valence-corrected chi connectivity index (χ4v) is 2.69. The predicted molar refractivity (Wildman–Crippen MR) is 80.3 cm³/mol. The number of benzene rings is 1. The van der Waals surface area contributed by atoms with Crippen LogP contribution in [0.2, 0.25) is 10.2 Å². The second kappa shape index (κ2) is 5.92. The highest BCUT2D eigenvalue weighted by atomic mass is 35.5. The van der Waals surface area contributed by atoms with Gasteiger partial charge in [-0.1, -0.05) is 23.2 Å². The van der Waals surface area contributed by atoms with Gasteiger partial charge < -0.3 is 10.5 Å². The lowest BCUT2D eigenvalue weighted by Crippen LogP contribution is -2.15. The highest BCUT2D eigenvalue weighted by molar-refractivity contribution is 7.92. The molecule has 0 fully saturated rings. The van der Waals surface area contributed by atoms with Crippen LogP contribution in [0, 0.1) is 0 Å². The molecule has 0 aliphatic carbocycles. The summed E-state index contributed by atoms with van der Waals surface area (Å²) in [5.74, 6) is -0.0869. The number of anilines is 2. The van der Waals surface area contributed by atoms with E-state index in [-0.39, 0.29) is 32.6 Å². The lowest BCUT2D eigenvalue weighted by atomic mass is 10.3. The largest absolute Gasteiger partial charge is 0.481 e. The third-order valence-corrected chi connectivity index (χ3v) is 4.25. The molecule has 1 aromatic carbocycles. The van der Waals surface area contributed by atoms with E-state index in [1.165, 1.54) is 31.4 Å².